The predicted octanol–water partition coefficient (Wildman–Crippen LogP) is 22.1. The van der Waals surface area contributed by atoms with E-state index < -0.39 is 6.10 Å². The normalized spacial score (nSPS) is 12.7. The number of rotatable bonds is 59. The smallest absolute Gasteiger partial charge is 0.306 e. The molecule has 0 aliphatic heterocycles. The Morgan fingerprint density at radius 1 is 0.324 bits per heavy atom. The second-order valence-electron chi connectivity index (χ2n) is 21.5. The molecule has 0 spiro atoms. The maximum Gasteiger partial charge on any atom is 0.306 e. The van der Waals surface area contributed by atoms with Crippen molar-refractivity contribution >= 4 is 11.9 Å². The van der Waals surface area contributed by atoms with Gasteiger partial charge in [-0.05, 0) is 89.9 Å². The minimum atomic E-state index is -0.777. The summed E-state index contributed by atoms with van der Waals surface area (Å²) in [5.74, 6) is -0.583. The summed E-state index contributed by atoms with van der Waals surface area (Å²) in [6, 6.07) is 0. The molecule has 0 aromatic heterocycles. The van der Waals surface area contributed by atoms with Gasteiger partial charge in [0.2, 0.25) is 0 Å². The quantitative estimate of drug-likeness (QED) is 0.0373. The van der Waals surface area contributed by atoms with Gasteiger partial charge in [-0.2, -0.15) is 0 Å². The van der Waals surface area contributed by atoms with E-state index in [4.69, 9.17) is 9.47 Å². The molecule has 0 aromatic rings. The summed E-state index contributed by atoms with van der Waals surface area (Å²) in [6.07, 6.45) is 90.2. The molecule has 0 saturated carbocycles. The molecule has 0 heterocycles. The van der Waals surface area contributed by atoms with Crippen molar-refractivity contribution < 1.29 is 24.2 Å². The van der Waals surface area contributed by atoms with Crippen molar-refractivity contribution in [3.05, 3.63) is 85.1 Å². The number of allylic oxidation sites excluding steroid dienone is 14. The topological polar surface area (TPSA) is 72.8 Å². The molecule has 5 nitrogen and oxygen atoms in total. The number of esters is 2. The molecule has 0 fully saturated rings. The highest BCUT2D eigenvalue weighted by Gasteiger charge is 2.16. The van der Waals surface area contributed by atoms with E-state index >= 15 is 0 Å². The van der Waals surface area contributed by atoms with Crippen LogP contribution in [-0.2, 0) is 19.1 Å². The van der Waals surface area contributed by atoms with Crippen molar-refractivity contribution in [2.75, 3.05) is 13.2 Å². The van der Waals surface area contributed by atoms with Crippen LogP contribution in [0.3, 0.4) is 0 Å². The van der Waals surface area contributed by atoms with E-state index in [-0.39, 0.29) is 25.2 Å². The van der Waals surface area contributed by atoms with Crippen LogP contribution in [-0.4, -0.2) is 36.4 Å². The highest BCUT2D eigenvalue weighted by atomic mass is 16.6. The SMILES string of the molecule is CC/C=C\C/C=C\C/C=C\C/C=C\CCCCCCCCCCCCCCCCCCCCCCCCC(=O)OC(CO)COC(=O)CCCCCCCCCCCC/C=C\C/C=C\C/C=C\CCCCCCC. The molecule has 74 heavy (non-hydrogen) atoms. The van der Waals surface area contributed by atoms with Gasteiger partial charge in [0.05, 0.1) is 6.61 Å². The number of carbonyl (C=O) groups is 2. The number of hydrogen-bond acceptors (Lipinski definition) is 5. The van der Waals surface area contributed by atoms with E-state index in [1.54, 1.807) is 0 Å². The highest BCUT2D eigenvalue weighted by molar-refractivity contribution is 5.70. The summed E-state index contributed by atoms with van der Waals surface area (Å²) in [7, 11) is 0. The van der Waals surface area contributed by atoms with Gasteiger partial charge >= 0.3 is 11.9 Å². The molecule has 1 N–H and O–H groups in total. The van der Waals surface area contributed by atoms with Gasteiger partial charge in [0.15, 0.2) is 6.10 Å². The van der Waals surface area contributed by atoms with Crippen molar-refractivity contribution in [2.45, 2.75) is 328 Å². The van der Waals surface area contributed by atoms with Crippen LogP contribution in [0.1, 0.15) is 322 Å². The van der Waals surface area contributed by atoms with Gasteiger partial charge in [0.25, 0.3) is 0 Å². The predicted molar refractivity (Wildman–Crippen MR) is 325 cm³/mol. The summed E-state index contributed by atoms with van der Waals surface area (Å²) >= 11 is 0. The first-order valence-electron chi connectivity index (χ1n) is 32.1. The van der Waals surface area contributed by atoms with Crippen molar-refractivity contribution in [3.63, 3.8) is 0 Å². The fraction of sp³-hybridized carbons (Fsp3) is 0.768. The van der Waals surface area contributed by atoms with Crippen LogP contribution in [0.2, 0.25) is 0 Å². The van der Waals surface area contributed by atoms with Crippen LogP contribution in [0.4, 0.5) is 0 Å². The van der Waals surface area contributed by atoms with E-state index in [0.717, 1.165) is 77.0 Å². The molecule has 0 aliphatic rings. The lowest BCUT2D eigenvalue weighted by Gasteiger charge is -2.15. The Morgan fingerprint density at radius 3 is 0.878 bits per heavy atom. The molecule has 5 heteroatoms. The second kappa shape index (κ2) is 64.4. The van der Waals surface area contributed by atoms with E-state index in [9.17, 15) is 14.7 Å². The molecular weight excluding hydrogens is 909 g/mol. The molecule has 0 saturated heterocycles. The van der Waals surface area contributed by atoms with Crippen LogP contribution >= 0.6 is 0 Å². The molecule has 0 aromatic carbocycles. The summed E-state index contributed by atoms with van der Waals surface area (Å²) in [4.78, 5) is 24.6. The van der Waals surface area contributed by atoms with Gasteiger partial charge in [-0.1, -0.05) is 304 Å². The van der Waals surface area contributed by atoms with Gasteiger partial charge in [-0.15, -0.1) is 0 Å². The molecular formula is C69H122O5. The van der Waals surface area contributed by atoms with E-state index in [1.165, 1.54) is 218 Å². The monoisotopic (exact) mass is 1030 g/mol. The van der Waals surface area contributed by atoms with Crippen molar-refractivity contribution in [1.82, 2.24) is 0 Å². The number of unbranched alkanes of at least 4 members (excludes halogenated alkanes) is 37. The van der Waals surface area contributed by atoms with Crippen LogP contribution in [0.5, 0.6) is 0 Å². The molecule has 0 amide bonds. The Bertz CT molecular complexity index is 1350. The van der Waals surface area contributed by atoms with Crippen molar-refractivity contribution in [2.24, 2.45) is 0 Å². The Balaban J connectivity index is 3.44. The largest absolute Gasteiger partial charge is 0.462 e. The maximum atomic E-state index is 12.3. The molecule has 0 bridgehead atoms. The third-order valence-electron chi connectivity index (χ3n) is 14.2. The Kier molecular flexibility index (Phi) is 61.8. The summed E-state index contributed by atoms with van der Waals surface area (Å²) in [5, 5.41) is 9.68. The third-order valence-corrected chi connectivity index (χ3v) is 14.2. The molecule has 0 aliphatic carbocycles. The van der Waals surface area contributed by atoms with Gasteiger partial charge in [-0.25, -0.2) is 0 Å². The van der Waals surface area contributed by atoms with Gasteiger partial charge in [0.1, 0.15) is 6.61 Å². The number of ether oxygens (including phenoxy) is 2. The second-order valence-corrected chi connectivity index (χ2v) is 21.5. The lowest BCUT2D eigenvalue weighted by molar-refractivity contribution is -0.161. The van der Waals surface area contributed by atoms with Crippen LogP contribution < -0.4 is 0 Å². The molecule has 0 rings (SSSR count). The molecule has 1 atom stereocenters. The fourth-order valence-corrected chi connectivity index (χ4v) is 9.38. The van der Waals surface area contributed by atoms with Crippen molar-refractivity contribution in [3.8, 4) is 0 Å². The summed E-state index contributed by atoms with van der Waals surface area (Å²) in [5.41, 5.74) is 0. The summed E-state index contributed by atoms with van der Waals surface area (Å²) in [6.45, 7) is 4.05. The van der Waals surface area contributed by atoms with E-state index in [1.807, 2.05) is 0 Å². The molecule has 1 unspecified atom stereocenters. The number of hydrogen-bond donors (Lipinski definition) is 1. The standard InChI is InChI=1S/C69H122O5/c1-3-5-7-9-11-13-15-17-19-21-23-25-27-29-30-31-32-33-34-35-36-37-38-40-42-44-46-48-50-52-54-56-58-60-62-64-69(72)74-67(65-70)66-73-68(71)63-61-59-57-55-53-51-49-47-45-43-41-39-28-26-24-22-20-18-16-14-12-10-8-6-4-2/h5,7,11,13,16-19,22-25,28,39,67,70H,3-4,6,8-10,12,14-15,20-21,26-27,29-38,40-66H2,1-2H3/b7-5-,13-11-,18-16-,19-17-,24-22-,25-23-,39-28-. The lowest BCUT2D eigenvalue weighted by Crippen LogP contribution is -2.28. The first kappa shape index (κ1) is 71.1. The zero-order valence-corrected chi connectivity index (χ0v) is 49.1. The van der Waals surface area contributed by atoms with Gasteiger partial charge in [0, 0.05) is 12.8 Å². The first-order valence-corrected chi connectivity index (χ1v) is 32.1. The zero-order chi connectivity index (χ0) is 53.4. The zero-order valence-electron chi connectivity index (χ0n) is 49.1. The lowest BCUT2D eigenvalue weighted by atomic mass is 10.0. The minimum absolute atomic E-state index is 0.0672. The van der Waals surface area contributed by atoms with Crippen molar-refractivity contribution in [1.29, 1.82) is 0 Å². The van der Waals surface area contributed by atoms with Crippen LogP contribution in [0, 0.1) is 0 Å². The Labute approximate surface area is 460 Å². The first-order chi connectivity index (χ1) is 36.6. The third kappa shape index (κ3) is 61.6. The molecule has 0 radical (unpaired) electrons. The van der Waals surface area contributed by atoms with Crippen LogP contribution in [0.15, 0.2) is 85.1 Å². The number of carbonyl (C=O) groups excluding carboxylic acids is 2. The van der Waals surface area contributed by atoms with E-state index in [2.05, 4.69) is 98.9 Å². The number of aliphatic hydroxyl groups is 1. The van der Waals surface area contributed by atoms with Crippen LogP contribution in [0.25, 0.3) is 0 Å². The summed E-state index contributed by atoms with van der Waals surface area (Å²) < 4.78 is 10.7. The minimum Gasteiger partial charge on any atom is -0.462 e. The number of aliphatic hydroxyl groups excluding tert-OH is 1. The maximum absolute atomic E-state index is 12.3. The Morgan fingerprint density at radius 2 is 0.581 bits per heavy atom. The average molecular weight is 1030 g/mol. The fourth-order valence-electron chi connectivity index (χ4n) is 9.38. The average Bonchev–Trinajstić information content (AvgIpc) is 3.40. The Hall–Kier alpha value is -2.92. The van der Waals surface area contributed by atoms with Gasteiger partial charge < -0.3 is 14.6 Å². The van der Waals surface area contributed by atoms with E-state index in [0.29, 0.717) is 12.8 Å². The molecule has 428 valence electrons. The van der Waals surface area contributed by atoms with Gasteiger partial charge in [-0.3, -0.25) is 9.59 Å². The highest BCUT2D eigenvalue weighted by Crippen LogP contribution is 2.17.